The van der Waals surface area contributed by atoms with E-state index in [1.54, 1.807) is 12.1 Å². The van der Waals surface area contributed by atoms with Crippen LogP contribution in [0, 0.1) is 0 Å². The number of carbonyl (C=O) groups is 1. The van der Waals surface area contributed by atoms with Crippen molar-refractivity contribution in [2.24, 2.45) is 0 Å². The molecule has 0 spiro atoms. The SMILES string of the molecule is O=C(CCNS(=O)(=O)c1cccc(Cl)c1)N1CCCCCC1. The van der Waals surface area contributed by atoms with Crippen LogP contribution in [0.15, 0.2) is 29.2 Å². The normalized spacial score (nSPS) is 16.3. The first kappa shape index (κ1) is 17.2. The molecule has 1 aromatic carbocycles. The van der Waals surface area contributed by atoms with Crippen LogP contribution in [0.25, 0.3) is 0 Å². The van der Waals surface area contributed by atoms with E-state index >= 15 is 0 Å². The number of hydrogen-bond acceptors (Lipinski definition) is 3. The second-order valence-corrected chi connectivity index (χ2v) is 7.60. The minimum Gasteiger partial charge on any atom is -0.343 e. The fraction of sp³-hybridized carbons (Fsp3) is 0.533. The zero-order valence-electron chi connectivity index (χ0n) is 12.4. The second kappa shape index (κ2) is 7.94. The first-order chi connectivity index (χ1) is 10.5. The average molecular weight is 345 g/mol. The Balaban J connectivity index is 1.85. The average Bonchev–Trinajstić information content (AvgIpc) is 2.76. The van der Waals surface area contributed by atoms with Gasteiger partial charge in [0.2, 0.25) is 15.9 Å². The van der Waals surface area contributed by atoms with Gasteiger partial charge in [-0.1, -0.05) is 30.5 Å². The third-order valence-corrected chi connectivity index (χ3v) is 5.39. The standard InChI is InChI=1S/C15H21ClN2O3S/c16-13-6-5-7-14(12-13)22(20,21)17-9-8-15(19)18-10-3-1-2-4-11-18/h5-7,12,17H,1-4,8-11H2. The molecule has 0 radical (unpaired) electrons. The van der Waals surface area contributed by atoms with E-state index in [1.807, 2.05) is 4.90 Å². The lowest BCUT2D eigenvalue weighted by atomic mass is 10.2. The van der Waals surface area contributed by atoms with Gasteiger partial charge in [0.15, 0.2) is 0 Å². The minimum atomic E-state index is -3.62. The van der Waals surface area contributed by atoms with Gasteiger partial charge in [0.1, 0.15) is 0 Å². The summed E-state index contributed by atoms with van der Waals surface area (Å²) in [6, 6.07) is 6.06. The summed E-state index contributed by atoms with van der Waals surface area (Å²) in [5, 5.41) is 0.364. The number of benzene rings is 1. The molecule has 1 aliphatic heterocycles. The van der Waals surface area contributed by atoms with Crippen LogP contribution < -0.4 is 4.72 Å². The number of nitrogens with one attached hydrogen (secondary N) is 1. The van der Waals surface area contributed by atoms with E-state index in [0.29, 0.717) is 5.02 Å². The summed E-state index contributed by atoms with van der Waals surface area (Å²) in [5.74, 6) is 0.00990. The zero-order chi connectivity index (χ0) is 16.0. The predicted molar refractivity (Wildman–Crippen MR) is 86.3 cm³/mol. The summed E-state index contributed by atoms with van der Waals surface area (Å²) in [6.07, 6.45) is 4.55. The number of rotatable bonds is 5. The fourth-order valence-corrected chi connectivity index (χ4v) is 3.82. The molecule has 0 unspecified atom stereocenters. The lowest BCUT2D eigenvalue weighted by Gasteiger charge is -2.20. The van der Waals surface area contributed by atoms with E-state index in [4.69, 9.17) is 11.6 Å². The van der Waals surface area contributed by atoms with Crippen LogP contribution in [0.1, 0.15) is 32.1 Å². The number of nitrogens with zero attached hydrogens (tertiary/aromatic N) is 1. The van der Waals surface area contributed by atoms with Gasteiger partial charge in [-0.15, -0.1) is 0 Å². The summed E-state index contributed by atoms with van der Waals surface area (Å²) in [7, 11) is -3.62. The van der Waals surface area contributed by atoms with Crippen molar-refractivity contribution >= 4 is 27.5 Å². The van der Waals surface area contributed by atoms with Gasteiger partial charge in [0.05, 0.1) is 4.90 Å². The molecule has 0 atom stereocenters. The van der Waals surface area contributed by atoms with E-state index in [9.17, 15) is 13.2 Å². The summed E-state index contributed by atoms with van der Waals surface area (Å²) in [5.41, 5.74) is 0. The molecule has 2 rings (SSSR count). The second-order valence-electron chi connectivity index (χ2n) is 5.40. The molecule has 122 valence electrons. The Hall–Kier alpha value is -1.11. The number of sulfonamides is 1. The van der Waals surface area contributed by atoms with Gasteiger partial charge in [-0.25, -0.2) is 13.1 Å². The van der Waals surface area contributed by atoms with E-state index < -0.39 is 10.0 Å². The molecule has 1 heterocycles. The van der Waals surface area contributed by atoms with Gasteiger partial charge < -0.3 is 4.90 Å². The van der Waals surface area contributed by atoms with E-state index in [1.165, 1.54) is 12.1 Å². The minimum absolute atomic E-state index is 0.00990. The molecule has 0 saturated carbocycles. The lowest BCUT2D eigenvalue weighted by Crippen LogP contribution is -2.35. The predicted octanol–water partition coefficient (Wildman–Crippen LogP) is 2.41. The summed E-state index contributed by atoms with van der Waals surface area (Å²) in [4.78, 5) is 14.0. The first-order valence-electron chi connectivity index (χ1n) is 7.52. The summed E-state index contributed by atoms with van der Waals surface area (Å²) in [6.45, 7) is 1.66. The van der Waals surface area contributed by atoms with Gasteiger partial charge in [-0.05, 0) is 31.0 Å². The summed E-state index contributed by atoms with van der Waals surface area (Å²) >= 11 is 5.80. The van der Waals surface area contributed by atoms with E-state index in [-0.39, 0.29) is 23.8 Å². The van der Waals surface area contributed by atoms with Crippen molar-refractivity contribution in [1.29, 1.82) is 0 Å². The van der Waals surface area contributed by atoms with E-state index in [2.05, 4.69) is 4.72 Å². The monoisotopic (exact) mass is 344 g/mol. The van der Waals surface area contributed by atoms with Crippen molar-refractivity contribution in [3.8, 4) is 0 Å². The maximum atomic E-state index is 12.1. The van der Waals surface area contributed by atoms with Gasteiger partial charge in [0.25, 0.3) is 0 Å². The third kappa shape index (κ3) is 4.97. The smallest absolute Gasteiger partial charge is 0.240 e. The molecule has 1 saturated heterocycles. The highest BCUT2D eigenvalue weighted by molar-refractivity contribution is 7.89. The van der Waals surface area contributed by atoms with E-state index in [0.717, 1.165) is 38.8 Å². The molecule has 1 N–H and O–H groups in total. The number of likely N-dealkylation sites (tertiary alicyclic amines) is 1. The van der Waals surface area contributed by atoms with Crippen molar-refractivity contribution in [3.05, 3.63) is 29.3 Å². The Bertz CT molecular complexity index is 611. The molecule has 0 bridgehead atoms. The molecule has 1 aromatic rings. The van der Waals surface area contributed by atoms with Crippen LogP contribution in [-0.4, -0.2) is 38.9 Å². The topological polar surface area (TPSA) is 66.5 Å². The number of halogens is 1. The Morgan fingerprint density at radius 2 is 1.86 bits per heavy atom. The zero-order valence-corrected chi connectivity index (χ0v) is 14.0. The van der Waals surface area contributed by atoms with Gasteiger partial charge in [0, 0.05) is 31.1 Å². The Labute approximate surface area is 136 Å². The number of hydrogen-bond donors (Lipinski definition) is 1. The quantitative estimate of drug-likeness (QED) is 0.892. The molecule has 1 amide bonds. The van der Waals surface area contributed by atoms with Gasteiger partial charge >= 0.3 is 0 Å². The molecule has 7 heteroatoms. The largest absolute Gasteiger partial charge is 0.343 e. The third-order valence-electron chi connectivity index (χ3n) is 3.70. The molecule has 0 aromatic heterocycles. The van der Waals surface area contributed by atoms with Crippen molar-refractivity contribution < 1.29 is 13.2 Å². The molecule has 5 nitrogen and oxygen atoms in total. The fourth-order valence-electron chi connectivity index (χ4n) is 2.49. The maximum absolute atomic E-state index is 12.1. The first-order valence-corrected chi connectivity index (χ1v) is 9.38. The highest BCUT2D eigenvalue weighted by Gasteiger charge is 2.18. The van der Waals surface area contributed by atoms with Crippen LogP contribution >= 0.6 is 11.6 Å². The molecule has 0 aliphatic carbocycles. The highest BCUT2D eigenvalue weighted by Crippen LogP contribution is 2.15. The van der Waals surface area contributed by atoms with Crippen molar-refractivity contribution in [2.45, 2.75) is 37.0 Å². The van der Waals surface area contributed by atoms with Crippen molar-refractivity contribution in [1.82, 2.24) is 9.62 Å². The number of carbonyl (C=O) groups excluding carboxylic acids is 1. The molecule has 1 aliphatic rings. The Morgan fingerprint density at radius 3 is 2.50 bits per heavy atom. The molecular formula is C15H21ClN2O3S. The molecular weight excluding hydrogens is 324 g/mol. The number of amides is 1. The van der Waals surface area contributed by atoms with Gasteiger partial charge in [-0.2, -0.15) is 0 Å². The van der Waals surface area contributed by atoms with Crippen LogP contribution in [0.2, 0.25) is 5.02 Å². The Kier molecular flexibility index (Phi) is 6.23. The van der Waals surface area contributed by atoms with Crippen LogP contribution in [0.4, 0.5) is 0 Å². The van der Waals surface area contributed by atoms with Crippen LogP contribution in [0.5, 0.6) is 0 Å². The van der Waals surface area contributed by atoms with Crippen LogP contribution in [-0.2, 0) is 14.8 Å². The molecule has 22 heavy (non-hydrogen) atoms. The Morgan fingerprint density at radius 1 is 1.18 bits per heavy atom. The van der Waals surface area contributed by atoms with Crippen molar-refractivity contribution in [2.75, 3.05) is 19.6 Å². The molecule has 1 fully saturated rings. The highest BCUT2D eigenvalue weighted by atomic mass is 35.5. The van der Waals surface area contributed by atoms with Crippen molar-refractivity contribution in [3.63, 3.8) is 0 Å². The maximum Gasteiger partial charge on any atom is 0.240 e. The summed E-state index contributed by atoms with van der Waals surface area (Å²) < 4.78 is 26.7. The van der Waals surface area contributed by atoms with Gasteiger partial charge in [-0.3, -0.25) is 4.79 Å². The van der Waals surface area contributed by atoms with Crippen LogP contribution in [0.3, 0.4) is 0 Å². The lowest BCUT2D eigenvalue weighted by molar-refractivity contribution is -0.130.